The van der Waals surface area contributed by atoms with Crippen molar-refractivity contribution in [2.24, 2.45) is 0 Å². The fourth-order valence-corrected chi connectivity index (χ4v) is 1.98. The third kappa shape index (κ3) is 2.35. The fourth-order valence-electron chi connectivity index (χ4n) is 1.31. The Bertz CT molecular complexity index is 605. The van der Waals surface area contributed by atoms with Gasteiger partial charge in [-0.25, -0.2) is 14.6 Å². The summed E-state index contributed by atoms with van der Waals surface area (Å²) in [6, 6.07) is 3.64. The Hall–Kier alpha value is -2.29. The Kier molecular flexibility index (Phi) is 2.96. The number of rotatable bonds is 4. The zero-order chi connectivity index (χ0) is 12.2. The van der Waals surface area contributed by atoms with E-state index in [0.717, 1.165) is 5.82 Å². The molecule has 3 aromatic rings. The molecular weight excluding hydrogens is 252 g/mol. The largest absolute Gasteiger partial charge is 0.231 e. The van der Waals surface area contributed by atoms with Gasteiger partial charge in [0.25, 0.3) is 0 Å². The lowest BCUT2D eigenvalue weighted by Gasteiger charge is -2.01. The van der Waals surface area contributed by atoms with Gasteiger partial charge >= 0.3 is 0 Å². The maximum Gasteiger partial charge on any atom is 0.189 e. The van der Waals surface area contributed by atoms with Crippen LogP contribution in [0, 0.1) is 0 Å². The van der Waals surface area contributed by atoms with Gasteiger partial charge in [-0.15, -0.1) is 10.2 Å². The lowest BCUT2D eigenvalue weighted by molar-refractivity contribution is 0.806. The number of aromatic amines is 1. The number of tetrazole rings is 1. The molecule has 9 heteroatoms. The first kappa shape index (κ1) is 10.8. The van der Waals surface area contributed by atoms with Crippen LogP contribution in [0.3, 0.4) is 0 Å². The van der Waals surface area contributed by atoms with Crippen molar-refractivity contribution < 1.29 is 0 Å². The van der Waals surface area contributed by atoms with Gasteiger partial charge in [0.05, 0.1) is 5.75 Å². The van der Waals surface area contributed by atoms with Crippen molar-refractivity contribution in [1.29, 1.82) is 0 Å². The van der Waals surface area contributed by atoms with Crippen molar-refractivity contribution >= 4 is 11.8 Å². The molecule has 0 aliphatic carbocycles. The monoisotopic (exact) mass is 260 g/mol. The minimum absolute atomic E-state index is 0.569. The molecule has 0 radical (unpaired) electrons. The Labute approximate surface area is 106 Å². The fraction of sp³-hybridized carbons (Fsp3) is 0.111. The standard InChI is InChI=1S/C9H8N8S/c1-3-11-17(5-1)8-2-4-10-9(12-8)18-6-7-13-15-16-14-7/h1-5H,6H2,(H,13,14,15,16). The van der Waals surface area contributed by atoms with Crippen LogP contribution in [0.25, 0.3) is 5.82 Å². The van der Waals surface area contributed by atoms with Gasteiger partial charge in [0.1, 0.15) is 0 Å². The zero-order valence-corrected chi connectivity index (χ0v) is 9.95. The van der Waals surface area contributed by atoms with Crippen LogP contribution in [-0.4, -0.2) is 40.4 Å². The van der Waals surface area contributed by atoms with Crippen LogP contribution < -0.4 is 0 Å². The molecule has 0 unspecified atom stereocenters. The minimum Gasteiger partial charge on any atom is -0.231 e. The summed E-state index contributed by atoms with van der Waals surface area (Å²) in [6.07, 6.45) is 5.23. The molecule has 0 saturated heterocycles. The Morgan fingerprint density at radius 2 is 2.33 bits per heavy atom. The van der Waals surface area contributed by atoms with Gasteiger partial charge in [0.15, 0.2) is 16.8 Å². The summed E-state index contributed by atoms with van der Waals surface area (Å²) in [7, 11) is 0. The molecule has 0 fully saturated rings. The quantitative estimate of drug-likeness (QED) is 0.537. The number of aromatic nitrogens is 8. The van der Waals surface area contributed by atoms with Crippen LogP contribution in [0.2, 0.25) is 0 Å². The second-order valence-corrected chi connectivity index (χ2v) is 4.21. The van der Waals surface area contributed by atoms with E-state index in [2.05, 4.69) is 35.7 Å². The molecule has 18 heavy (non-hydrogen) atoms. The number of hydrogen-bond donors (Lipinski definition) is 1. The summed E-state index contributed by atoms with van der Waals surface area (Å²) in [4.78, 5) is 8.55. The summed E-state index contributed by atoms with van der Waals surface area (Å²) in [6.45, 7) is 0. The number of nitrogens with zero attached hydrogens (tertiary/aromatic N) is 7. The van der Waals surface area contributed by atoms with Gasteiger partial charge in [-0.3, -0.25) is 0 Å². The second kappa shape index (κ2) is 4.92. The predicted molar refractivity (Wildman–Crippen MR) is 62.9 cm³/mol. The highest BCUT2D eigenvalue weighted by Crippen LogP contribution is 2.17. The highest BCUT2D eigenvalue weighted by Gasteiger charge is 2.05. The summed E-state index contributed by atoms with van der Waals surface area (Å²) in [5.74, 6) is 1.91. The topological polar surface area (TPSA) is 98.1 Å². The Balaban J connectivity index is 1.75. The first-order chi connectivity index (χ1) is 8.92. The van der Waals surface area contributed by atoms with E-state index in [1.54, 1.807) is 23.1 Å². The van der Waals surface area contributed by atoms with E-state index in [1.165, 1.54) is 11.8 Å². The molecule has 0 aliphatic rings. The molecular formula is C9H8N8S. The molecule has 1 N–H and O–H groups in total. The first-order valence-corrected chi connectivity index (χ1v) is 6.08. The molecule has 0 amide bonds. The molecule has 0 atom stereocenters. The van der Waals surface area contributed by atoms with Crippen molar-refractivity contribution in [2.75, 3.05) is 0 Å². The Morgan fingerprint density at radius 1 is 1.33 bits per heavy atom. The third-order valence-corrected chi connectivity index (χ3v) is 2.93. The third-order valence-electron chi connectivity index (χ3n) is 2.08. The SMILES string of the molecule is c1cnn(-c2ccnc(SCc3nn[nH]n3)n2)c1. The molecule has 0 saturated carbocycles. The summed E-state index contributed by atoms with van der Waals surface area (Å²) in [5.41, 5.74) is 0. The summed E-state index contributed by atoms with van der Waals surface area (Å²) < 4.78 is 1.68. The van der Waals surface area contributed by atoms with Gasteiger partial charge in [-0.05, 0) is 6.07 Å². The lowest BCUT2D eigenvalue weighted by Crippen LogP contribution is -1.99. The summed E-state index contributed by atoms with van der Waals surface area (Å²) in [5, 5.41) is 18.4. The smallest absolute Gasteiger partial charge is 0.189 e. The highest BCUT2D eigenvalue weighted by molar-refractivity contribution is 7.98. The Morgan fingerprint density at radius 3 is 3.11 bits per heavy atom. The van der Waals surface area contributed by atoms with Crippen LogP contribution >= 0.6 is 11.8 Å². The molecule has 3 rings (SSSR count). The predicted octanol–water partition coefficient (Wildman–Crippen LogP) is 0.468. The van der Waals surface area contributed by atoms with E-state index in [1.807, 2.05) is 12.3 Å². The van der Waals surface area contributed by atoms with Gasteiger partial charge in [0.2, 0.25) is 0 Å². The van der Waals surface area contributed by atoms with Crippen molar-refractivity contribution in [3.8, 4) is 5.82 Å². The summed E-state index contributed by atoms with van der Waals surface area (Å²) >= 11 is 1.44. The maximum atomic E-state index is 4.38. The highest BCUT2D eigenvalue weighted by atomic mass is 32.2. The molecule has 3 aromatic heterocycles. The molecule has 0 spiro atoms. The number of nitrogens with one attached hydrogen (secondary N) is 1. The van der Waals surface area contributed by atoms with Crippen molar-refractivity contribution in [1.82, 2.24) is 40.4 Å². The van der Waals surface area contributed by atoms with Gasteiger partial charge in [-0.1, -0.05) is 17.0 Å². The van der Waals surface area contributed by atoms with E-state index < -0.39 is 0 Å². The van der Waals surface area contributed by atoms with Gasteiger partial charge in [0, 0.05) is 24.7 Å². The van der Waals surface area contributed by atoms with Gasteiger partial charge < -0.3 is 0 Å². The average Bonchev–Trinajstić information content (AvgIpc) is 3.10. The van der Waals surface area contributed by atoms with Crippen LogP contribution in [0.15, 0.2) is 35.9 Å². The van der Waals surface area contributed by atoms with Crippen LogP contribution in [0.4, 0.5) is 0 Å². The molecule has 0 aliphatic heterocycles. The van der Waals surface area contributed by atoms with Crippen LogP contribution in [0.1, 0.15) is 5.82 Å². The lowest BCUT2D eigenvalue weighted by atomic mass is 10.6. The van der Waals surface area contributed by atoms with E-state index in [0.29, 0.717) is 16.7 Å². The minimum atomic E-state index is 0.569. The molecule has 3 heterocycles. The van der Waals surface area contributed by atoms with Crippen molar-refractivity contribution in [3.05, 3.63) is 36.5 Å². The van der Waals surface area contributed by atoms with E-state index in [9.17, 15) is 0 Å². The van der Waals surface area contributed by atoms with Crippen LogP contribution in [-0.2, 0) is 5.75 Å². The average molecular weight is 260 g/mol. The van der Waals surface area contributed by atoms with Gasteiger partial charge in [-0.2, -0.15) is 10.3 Å². The molecule has 0 aromatic carbocycles. The van der Waals surface area contributed by atoms with E-state index in [-0.39, 0.29) is 0 Å². The van der Waals surface area contributed by atoms with E-state index in [4.69, 9.17) is 0 Å². The maximum absolute atomic E-state index is 4.38. The number of H-pyrrole nitrogens is 1. The first-order valence-electron chi connectivity index (χ1n) is 5.10. The molecule has 90 valence electrons. The molecule has 8 nitrogen and oxygen atoms in total. The van der Waals surface area contributed by atoms with Crippen molar-refractivity contribution in [2.45, 2.75) is 10.9 Å². The van der Waals surface area contributed by atoms with Crippen LogP contribution in [0.5, 0.6) is 0 Å². The second-order valence-electron chi connectivity index (χ2n) is 3.26. The zero-order valence-electron chi connectivity index (χ0n) is 9.13. The van der Waals surface area contributed by atoms with Crippen molar-refractivity contribution in [3.63, 3.8) is 0 Å². The number of hydrogen-bond acceptors (Lipinski definition) is 7. The van der Waals surface area contributed by atoms with E-state index >= 15 is 0 Å². The normalized spacial score (nSPS) is 10.7. The number of thioether (sulfide) groups is 1. The molecule has 0 bridgehead atoms.